The average Bonchev–Trinajstić information content (AvgIpc) is 3.48. The number of alkyl halides is 3. The number of ether oxygens (including phenoxy) is 1. The molecule has 7 heteroatoms. The maximum Gasteiger partial charge on any atom is 0.416 e. The lowest BCUT2D eigenvalue weighted by atomic mass is 9.91. The molecule has 2 aromatic carbocycles. The molecule has 35 heavy (non-hydrogen) atoms. The van der Waals surface area contributed by atoms with E-state index < -0.39 is 11.7 Å². The Hall–Kier alpha value is -3.53. The van der Waals surface area contributed by atoms with E-state index >= 15 is 0 Å². The Balaban J connectivity index is 1.55. The molecular weight excluding hydrogens is 453 g/mol. The summed E-state index contributed by atoms with van der Waals surface area (Å²) >= 11 is 0. The summed E-state index contributed by atoms with van der Waals surface area (Å²) in [5.74, 6) is 0.387. The van der Waals surface area contributed by atoms with Crippen LogP contribution in [-0.2, 0) is 17.6 Å². The molecule has 1 aliphatic carbocycles. The highest BCUT2D eigenvalue weighted by Crippen LogP contribution is 2.42. The Kier molecular flexibility index (Phi) is 7.30. The van der Waals surface area contributed by atoms with E-state index in [9.17, 15) is 23.2 Å². The van der Waals surface area contributed by atoms with Crippen molar-refractivity contribution in [1.29, 1.82) is 5.26 Å². The van der Waals surface area contributed by atoms with E-state index in [2.05, 4.69) is 11.1 Å². The van der Waals surface area contributed by atoms with Crippen LogP contribution >= 0.6 is 0 Å². The summed E-state index contributed by atoms with van der Waals surface area (Å²) in [7, 11) is 0. The second-order valence-corrected chi connectivity index (χ2v) is 8.97. The smallest absolute Gasteiger partial charge is 0.416 e. The number of nitrogens with one attached hydrogen (secondary N) is 1. The van der Waals surface area contributed by atoms with Gasteiger partial charge in [0.1, 0.15) is 18.4 Å². The molecule has 1 fully saturated rings. The van der Waals surface area contributed by atoms with Gasteiger partial charge in [-0.1, -0.05) is 31.9 Å². The number of carbonyl (C=O) groups is 1. The molecule has 1 heterocycles. The van der Waals surface area contributed by atoms with Gasteiger partial charge in [0, 0.05) is 17.3 Å². The predicted molar refractivity (Wildman–Crippen MR) is 129 cm³/mol. The van der Waals surface area contributed by atoms with Crippen molar-refractivity contribution in [1.82, 2.24) is 4.98 Å². The number of aromatic nitrogens is 1. The molecular formula is C28H27F3N2O2. The number of fused-ring (bicyclic) bond motifs is 1. The fourth-order valence-electron chi connectivity index (χ4n) is 4.73. The molecule has 0 unspecified atom stereocenters. The maximum atomic E-state index is 13.8. The van der Waals surface area contributed by atoms with Crippen LogP contribution in [0.15, 0.2) is 42.5 Å². The first kappa shape index (κ1) is 24.6. The number of H-pyrrole nitrogens is 1. The molecule has 0 bridgehead atoms. The van der Waals surface area contributed by atoms with E-state index in [1.54, 1.807) is 36.4 Å². The maximum absolute atomic E-state index is 13.8. The summed E-state index contributed by atoms with van der Waals surface area (Å²) < 4.78 is 47.1. The summed E-state index contributed by atoms with van der Waals surface area (Å²) in [6, 6.07) is 11.8. The van der Waals surface area contributed by atoms with Crippen LogP contribution < -0.4 is 4.74 Å². The minimum absolute atomic E-state index is 0.0174. The van der Waals surface area contributed by atoms with Crippen molar-refractivity contribution in [3.05, 3.63) is 70.4 Å². The Morgan fingerprint density at radius 2 is 1.97 bits per heavy atom. The topological polar surface area (TPSA) is 65.9 Å². The van der Waals surface area contributed by atoms with E-state index in [0.717, 1.165) is 32.1 Å². The van der Waals surface area contributed by atoms with Crippen LogP contribution in [0.2, 0.25) is 0 Å². The van der Waals surface area contributed by atoms with E-state index in [1.807, 2.05) is 6.92 Å². The number of nitriles is 1. The van der Waals surface area contributed by atoms with E-state index in [1.165, 1.54) is 12.1 Å². The summed E-state index contributed by atoms with van der Waals surface area (Å²) in [4.78, 5) is 14.9. The van der Waals surface area contributed by atoms with Gasteiger partial charge in [0.2, 0.25) is 0 Å². The molecule has 0 saturated heterocycles. The van der Waals surface area contributed by atoms with Crippen molar-refractivity contribution in [3.8, 4) is 11.8 Å². The molecule has 1 aromatic heterocycles. The highest BCUT2D eigenvalue weighted by Gasteiger charge is 2.36. The number of rotatable bonds is 8. The van der Waals surface area contributed by atoms with Gasteiger partial charge in [-0.2, -0.15) is 18.4 Å². The van der Waals surface area contributed by atoms with Crippen LogP contribution in [0.25, 0.3) is 17.0 Å². The Bertz CT molecular complexity index is 1290. The molecule has 0 atom stereocenters. The Morgan fingerprint density at radius 1 is 1.20 bits per heavy atom. The number of ketones is 1. The van der Waals surface area contributed by atoms with Crippen molar-refractivity contribution >= 4 is 22.8 Å². The first-order valence-electron chi connectivity index (χ1n) is 11.9. The number of allylic oxidation sites excluding steroid dienone is 1. The lowest BCUT2D eigenvalue weighted by Crippen LogP contribution is -2.12. The standard InChI is InChI=1S/C28H27F3N2O2/c1-2-5-20(34)9-12-27-24(16-32)23-15-21(10-13-26(23)33-27)35-17-18-8-11-22(19-6-3-4-7-19)25(14-18)28(29,30)31/h8-15,19,33H,2-7,17H2,1H3/b12-9+. The first-order chi connectivity index (χ1) is 16.8. The number of halogens is 3. The lowest BCUT2D eigenvalue weighted by molar-refractivity contribution is -0.138. The largest absolute Gasteiger partial charge is 0.489 e. The number of nitrogens with zero attached hydrogens (tertiary/aromatic N) is 1. The third kappa shape index (κ3) is 5.59. The fourth-order valence-corrected chi connectivity index (χ4v) is 4.73. The highest BCUT2D eigenvalue weighted by molar-refractivity contribution is 5.96. The molecule has 4 nitrogen and oxygen atoms in total. The monoisotopic (exact) mass is 480 g/mol. The van der Waals surface area contributed by atoms with Gasteiger partial charge in [-0.15, -0.1) is 0 Å². The summed E-state index contributed by atoms with van der Waals surface area (Å²) in [6.45, 7) is 1.90. The SMILES string of the molecule is CCCC(=O)/C=C/c1[nH]c2ccc(OCc3ccc(C4CCCC4)c(C(F)(F)F)c3)cc2c1C#N. The van der Waals surface area contributed by atoms with Gasteiger partial charge in [-0.3, -0.25) is 4.79 Å². The van der Waals surface area contributed by atoms with Gasteiger partial charge in [0.05, 0.1) is 16.8 Å². The number of carbonyl (C=O) groups excluding carboxylic acids is 1. The second kappa shape index (κ2) is 10.4. The molecule has 0 spiro atoms. The van der Waals surface area contributed by atoms with Crippen LogP contribution in [-0.4, -0.2) is 10.8 Å². The molecule has 1 aliphatic rings. The number of hydrogen-bond acceptors (Lipinski definition) is 3. The third-order valence-corrected chi connectivity index (χ3v) is 6.47. The van der Waals surface area contributed by atoms with Gasteiger partial charge in [-0.05, 0) is 72.7 Å². The minimum Gasteiger partial charge on any atom is -0.489 e. The molecule has 1 N–H and O–H groups in total. The van der Waals surface area contributed by atoms with Crippen molar-refractivity contribution in [3.63, 3.8) is 0 Å². The average molecular weight is 481 g/mol. The van der Waals surface area contributed by atoms with Gasteiger partial charge in [0.15, 0.2) is 5.78 Å². The molecule has 0 amide bonds. The quantitative estimate of drug-likeness (QED) is 0.336. The first-order valence-corrected chi connectivity index (χ1v) is 11.9. The number of hydrogen-bond donors (Lipinski definition) is 1. The highest BCUT2D eigenvalue weighted by atomic mass is 19.4. The molecule has 4 rings (SSSR count). The normalized spacial score (nSPS) is 14.6. The number of benzene rings is 2. The second-order valence-electron chi connectivity index (χ2n) is 8.97. The summed E-state index contributed by atoms with van der Waals surface area (Å²) in [6.07, 6.45) is 3.34. The Labute approximate surface area is 202 Å². The van der Waals surface area contributed by atoms with Crippen molar-refractivity contribution < 1.29 is 22.7 Å². The molecule has 1 saturated carbocycles. The van der Waals surface area contributed by atoms with Gasteiger partial charge in [-0.25, -0.2) is 0 Å². The van der Waals surface area contributed by atoms with Crippen molar-refractivity contribution in [2.24, 2.45) is 0 Å². The van der Waals surface area contributed by atoms with E-state index in [-0.39, 0.29) is 18.3 Å². The van der Waals surface area contributed by atoms with Gasteiger partial charge >= 0.3 is 6.18 Å². The summed E-state index contributed by atoms with van der Waals surface area (Å²) in [5.41, 5.74) is 1.85. The van der Waals surface area contributed by atoms with Crippen LogP contribution in [0, 0.1) is 11.3 Å². The summed E-state index contributed by atoms with van der Waals surface area (Å²) in [5, 5.41) is 10.3. The zero-order valence-electron chi connectivity index (χ0n) is 19.5. The molecule has 0 aliphatic heterocycles. The fraction of sp³-hybridized carbons (Fsp3) is 0.357. The van der Waals surface area contributed by atoms with Gasteiger partial charge in [0.25, 0.3) is 0 Å². The van der Waals surface area contributed by atoms with Gasteiger partial charge < -0.3 is 9.72 Å². The molecule has 3 aromatic rings. The van der Waals surface area contributed by atoms with Crippen LogP contribution in [0.3, 0.4) is 0 Å². The van der Waals surface area contributed by atoms with Crippen LogP contribution in [0.4, 0.5) is 13.2 Å². The predicted octanol–water partition coefficient (Wildman–Crippen LogP) is 7.68. The van der Waals surface area contributed by atoms with Crippen LogP contribution in [0.1, 0.15) is 79.3 Å². The Morgan fingerprint density at radius 3 is 2.66 bits per heavy atom. The van der Waals surface area contributed by atoms with E-state index in [0.29, 0.717) is 45.5 Å². The van der Waals surface area contributed by atoms with Crippen LogP contribution in [0.5, 0.6) is 5.75 Å². The van der Waals surface area contributed by atoms with Crippen molar-refractivity contribution in [2.45, 2.75) is 64.1 Å². The van der Waals surface area contributed by atoms with Crippen molar-refractivity contribution in [2.75, 3.05) is 0 Å². The zero-order valence-corrected chi connectivity index (χ0v) is 19.5. The zero-order chi connectivity index (χ0) is 25.0. The minimum atomic E-state index is -4.41. The molecule has 182 valence electrons. The van der Waals surface area contributed by atoms with E-state index in [4.69, 9.17) is 4.74 Å². The molecule has 0 radical (unpaired) electrons. The third-order valence-electron chi connectivity index (χ3n) is 6.47. The lowest BCUT2D eigenvalue weighted by Gasteiger charge is -2.19. The number of aromatic amines is 1.